The molecule has 0 aliphatic carbocycles. The number of morpholine rings is 1. The molecule has 1 aromatic carbocycles. The van der Waals surface area contributed by atoms with E-state index in [1.807, 2.05) is 13.0 Å². The number of benzene rings is 1. The average molecular weight is 224 g/mol. The summed E-state index contributed by atoms with van der Waals surface area (Å²) in [5, 5.41) is 2.12. The Hall–Kier alpha value is -0.970. The molecule has 4 heteroatoms. The third kappa shape index (κ3) is 3.01. The molecule has 1 fully saturated rings. The first kappa shape index (κ1) is 11.5. The van der Waals surface area contributed by atoms with Crippen LogP contribution < -0.4 is 5.43 Å². The molecule has 0 saturated carbocycles. The minimum absolute atomic E-state index is 0.119. The summed E-state index contributed by atoms with van der Waals surface area (Å²) in [7, 11) is 0. The van der Waals surface area contributed by atoms with E-state index in [0.29, 0.717) is 0 Å². The predicted octanol–water partition coefficient (Wildman–Crippen LogP) is 1.72. The fraction of sp³-hybridized carbons (Fsp3) is 0.500. The smallest absolute Gasteiger partial charge is 0.123 e. The van der Waals surface area contributed by atoms with Crippen LogP contribution in [0, 0.1) is 5.82 Å². The van der Waals surface area contributed by atoms with E-state index in [-0.39, 0.29) is 11.9 Å². The minimum Gasteiger partial charge on any atom is -0.379 e. The molecule has 0 bridgehead atoms. The molecular weight excluding hydrogens is 207 g/mol. The van der Waals surface area contributed by atoms with Crippen molar-refractivity contribution in [3.05, 3.63) is 35.6 Å². The summed E-state index contributed by atoms with van der Waals surface area (Å²) in [5.74, 6) is -0.187. The van der Waals surface area contributed by atoms with Crippen LogP contribution in [0.1, 0.15) is 18.5 Å². The van der Waals surface area contributed by atoms with E-state index in [0.717, 1.165) is 31.9 Å². The fourth-order valence-electron chi connectivity index (χ4n) is 1.82. The zero-order chi connectivity index (χ0) is 11.4. The van der Waals surface area contributed by atoms with Gasteiger partial charge < -0.3 is 4.74 Å². The largest absolute Gasteiger partial charge is 0.379 e. The first-order chi connectivity index (χ1) is 7.75. The monoisotopic (exact) mass is 224 g/mol. The van der Waals surface area contributed by atoms with Crippen LogP contribution in [0.4, 0.5) is 4.39 Å². The van der Waals surface area contributed by atoms with E-state index in [2.05, 4.69) is 10.4 Å². The highest BCUT2D eigenvalue weighted by Gasteiger charge is 2.13. The Morgan fingerprint density at radius 3 is 2.81 bits per heavy atom. The quantitative estimate of drug-likeness (QED) is 0.846. The molecule has 1 unspecified atom stereocenters. The number of rotatable bonds is 3. The van der Waals surface area contributed by atoms with Crippen LogP contribution in [0.25, 0.3) is 0 Å². The van der Waals surface area contributed by atoms with Gasteiger partial charge in [0.2, 0.25) is 0 Å². The molecule has 0 radical (unpaired) electrons. The van der Waals surface area contributed by atoms with E-state index >= 15 is 0 Å². The van der Waals surface area contributed by atoms with Gasteiger partial charge in [0.15, 0.2) is 0 Å². The van der Waals surface area contributed by atoms with E-state index in [9.17, 15) is 4.39 Å². The number of nitrogens with one attached hydrogen (secondary N) is 1. The molecule has 3 nitrogen and oxygen atoms in total. The van der Waals surface area contributed by atoms with Crippen molar-refractivity contribution in [3.8, 4) is 0 Å². The summed E-state index contributed by atoms with van der Waals surface area (Å²) in [6.45, 7) is 5.29. The van der Waals surface area contributed by atoms with Crippen LogP contribution in [0.5, 0.6) is 0 Å². The van der Waals surface area contributed by atoms with Gasteiger partial charge in [-0.1, -0.05) is 12.1 Å². The summed E-state index contributed by atoms with van der Waals surface area (Å²) >= 11 is 0. The molecular formula is C12H17FN2O. The van der Waals surface area contributed by atoms with Crippen LogP contribution in [0.2, 0.25) is 0 Å². The summed E-state index contributed by atoms with van der Waals surface area (Å²) in [6.07, 6.45) is 0. The second-order valence-electron chi connectivity index (χ2n) is 4.01. The third-order valence-electron chi connectivity index (χ3n) is 2.74. The van der Waals surface area contributed by atoms with Crippen molar-refractivity contribution >= 4 is 0 Å². The predicted molar refractivity (Wildman–Crippen MR) is 60.3 cm³/mol. The van der Waals surface area contributed by atoms with Crippen molar-refractivity contribution in [1.82, 2.24) is 10.4 Å². The molecule has 16 heavy (non-hydrogen) atoms. The molecule has 0 spiro atoms. The maximum Gasteiger partial charge on any atom is 0.123 e. The van der Waals surface area contributed by atoms with Crippen molar-refractivity contribution in [2.24, 2.45) is 0 Å². The second kappa shape index (κ2) is 5.39. The SMILES string of the molecule is CC(NN1CCOCC1)c1cccc(F)c1. The van der Waals surface area contributed by atoms with Crippen LogP contribution in [0.15, 0.2) is 24.3 Å². The molecule has 1 N–H and O–H groups in total. The van der Waals surface area contributed by atoms with Gasteiger partial charge >= 0.3 is 0 Å². The lowest BCUT2D eigenvalue weighted by Crippen LogP contribution is -2.46. The Morgan fingerprint density at radius 2 is 2.12 bits per heavy atom. The maximum atomic E-state index is 13.0. The van der Waals surface area contributed by atoms with E-state index in [1.54, 1.807) is 12.1 Å². The van der Waals surface area contributed by atoms with Crippen LogP contribution in [-0.2, 0) is 4.74 Å². The normalized spacial score (nSPS) is 19.6. The van der Waals surface area contributed by atoms with Gasteiger partial charge in [0.05, 0.1) is 13.2 Å². The van der Waals surface area contributed by atoms with Gasteiger partial charge in [-0.25, -0.2) is 14.8 Å². The molecule has 1 aliphatic heterocycles. The summed E-state index contributed by atoms with van der Waals surface area (Å²) in [4.78, 5) is 0. The number of nitrogens with zero attached hydrogens (tertiary/aromatic N) is 1. The lowest BCUT2D eigenvalue weighted by molar-refractivity contribution is 0.00482. The van der Waals surface area contributed by atoms with Crippen molar-refractivity contribution in [2.45, 2.75) is 13.0 Å². The number of hydrazine groups is 1. The minimum atomic E-state index is -0.187. The van der Waals surface area contributed by atoms with Crippen LogP contribution >= 0.6 is 0 Å². The van der Waals surface area contributed by atoms with E-state index < -0.39 is 0 Å². The van der Waals surface area contributed by atoms with Gasteiger partial charge in [-0.05, 0) is 24.6 Å². The van der Waals surface area contributed by atoms with Crippen molar-refractivity contribution in [3.63, 3.8) is 0 Å². The van der Waals surface area contributed by atoms with Crippen molar-refractivity contribution in [2.75, 3.05) is 26.3 Å². The Balaban J connectivity index is 1.94. The van der Waals surface area contributed by atoms with Gasteiger partial charge in [0.25, 0.3) is 0 Å². The molecule has 1 heterocycles. The summed E-state index contributed by atoms with van der Waals surface area (Å²) in [6, 6.07) is 6.82. The molecule has 1 aromatic rings. The number of halogens is 1. The second-order valence-corrected chi connectivity index (χ2v) is 4.01. The molecule has 0 aromatic heterocycles. The molecule has 1 atom stereocenters. The molecule has 1 saturated heterocycles. The maximum absolute atomic E-state index is 13.0. The first-order valence-electron chi connectivity index (χ1n) is 5.60. The number of hydrogen-bond donors (Lipinski definition) is 1. The van der Waals surface area contributed by atoms with Crippen LogP contribution in [-0.4, -0.2) is 31.3 Å². The first-order valence-corrected chi connectivity index (χ1v) is 5.60. The fourth-order valence-corrected chi connectivity index (χ4v) is 1.82. The Bertz CT molecular complexity index is 340. The molecule has 0 amide bonds. The molecule has 1 aliphatic rings. The topological polar surface area (TPSA) is 24.5 Å². The standard InChI is InChI=1S/C12H17FN2O/c1-10(11-3-2-4-12(13)9-11)14-15-5-7-16-8-6-15/h2-4,9-10,14H,5-8H2,1H3. The van der Waals surface area contributed by atoms with Gasteiger partial charge in [-0.15, -0.1) is 0 Å². The highest BCUT2D eigenvalue weighted by atomic mass is 19.1. The molecule has 88 valence electrons. The van der Waals surface area contributed by atoms with E-state index in [1.165, 1.54) is 6.07 Å². The molecule has 2 rings (SSSR count). The van der Waals surface area contributed by atoms with E-state index in [4.69, 9.17) is 4.74 Å². The summed E-state index contributed by atoms with van der Waals surface area (Å²) < 4.78 is 18.3. The van der Waals surface area contributed by atoms with Crippen LogP contribution in [0.3, 0.4) is 0 Å². The zero-order valence-electron chi connectivity index (χ0n) is 9.45. The van der Waals surface area contributed by atoms with Gasteiger partial charge in [-0.3, -0.25) is 0 Å². The average Bonchev–Trinajstić information content (AvgIpc) is 2.30. The number of ether oxygens (including phenoxy) is 1. The van der Waals surface area contributed by atoms with Gasteiger partial charge in [0.1, 0.15) is 5.82 Å². The Morgan fingerprint density at radius 1 is 1.38 bits per heavy atom. The lowest BCUT2D eigenvalue weighted by atomic mass is 10.1. The summed E-state index contributed by atoms with van der Waals surface area (Å²) in [5.41, 5.74) is 4.31. The zero-order valence-corrected chi connectivity index (χ0v) is 9.45. The lowest BCUT2D eigenvalue weighted by Gasteiger charge is -2.30. The highest BCUT2D eigenvalue weighted by molar-refractivity contribution is 5.19. The number of hydrogen-bond acceptors (Lipinski definition) is 3. The van der Waals surface area contributed by atoms with Gasteiger partial charge in [-0.2, -0.15) is 0 Å². The Labute approximate surface area is 95.2 Å². The van der Waals surface area contributed by atoms with Crippen molar-refractivity contribution in [1.29, 1.82) is 0 Å². The highest BCUT2D eigenvalue weighted by Crippen LogP contribution is 2.14. The van der Waals surface area contributed by atoms with Gasteiger partial charge in [0, 0.05) is 19.1 Å². The third-order valence-corrected chi connectivity index (χ3v) is 2.74. The Kier molecular flexibility index (Phi) is 3.88. The van der Waals surface area contributed by atoms with Crippen molar-refractivity contribution < 1.29 is 9.13 Å².